The molecule has 2 rings (SSSR count). The fourth-order valence-electron chi connectivity index (χ4n) is 2.35. The van der Waals surface area contributed by atoms with Gasteiger partial charge in [0, 0.05) is 19.6 Å². The quantitative estimate of drug-likeness (QED) is 0.629. The summed E-state index contributed by atoms with van der Waals surface area (Å²) in [7, 11) is -0.226. The van der Waals surface area contributed by atoms with Gasteiger partial charge in [-0.3, -0.25) is 0 Å². The molecule has 0 aromatic heterocycles. The molecule has 0 heterocycles. The van der Waals surface area contributed by atoms with E-state index in [1.54, 1.807) is 0 Å². The summed E-state index contributed by atoms with van der Waals surface area (Å²) in [6, 6.07) is 13.3. The number of nitrogens with zero attached hydrogens (tertiary/aromatic N) is 2. The van der Waals surface area contributed by atoms with E-state index in [0.29, 0.717) is 6.54 Å². The molecule has 0 aliphatic heterocycles. The number of halogens is 4. The van der Waals surface area contributed by atoms with Crippen molar-refractivity contribution in [2.75, 3.05) is 27.2 Å². The largest absolute Gasteiger partial charge is 0.573 e. The smallest absolute Gasteiger partial charge is 0.406 e. The topological polar surface area (TPSA) is 49.9 Å². The number of likely N-dealkylation sites (N-methyl/N-ethyl adjacent to an activating group) is 1. The Kier molecular flexibility index (Phi) is 8.75. The van der Waals surface area contributed by atoms with Crippen molar-refractivity contribution < 1.29 is 26.3 Å². The second kappa shape index (κ2) is 10.1. The van der Waals surface area contributed by atoms with E-state index in [4.69, 9.17) is 0 Å². The van der Waals surface area contributed by atoms with Crippen molar-refractivity contribution in [2.45, 2.75) is 17.8 Å². The van der Waals surface area contributed by atoms with Crippen molar-refractivity contribution in [2.24, 2.45) is 0 Å². The lowest BCUT2D eigenvalue weighted by atomic mass is 10.2. The predicted molar refractivity (Wildman–Crippen MR) is 103 cm³/mol. The van der Waals surface area contributed by atoms with Crippen LogP contribution in [0.2, 0.25) is 0 Å². The molecule has 0 aliphatic rings. The van der Waals surface area contributed by atoms with Crippen LogP contribution in [0, 0.1) is 0 Å². The van der Waals surface area contributed by atoms with Crippen LogP contribution in [0.5, 0.6) is 5.75 Å². The van der Waals surface area contributed by atoms with E-state index in [-0.39, 0.29) is 30.4 Å². The zero-order chi connectivity index (χ0) is 20.1. The van der Waals surface area contributed by atoms with E-state index in [0.717, 1.165) is 29.8 Å². The second-order valence-electron chi connectivity index (χ2n) is 6.15. The van der Waals surface area contributed by atoms with Crippen molar-refractivity contribution in [3.63, 3.8) is 0 Å². The Balaban J connectivity index is 0.00000392. The van der Waals surface area contributed by atoms with Crippen LogP contribution in [0.1, 0.15) is 5.56 Å². The predicted octanol–water partition coefficient (Wildman–Crippen LogP) is 3.76. The number of alkyl halides is 3. The van der Waals surface area contributed by atoms with Crippen LogP contribution in [0.25, 0.3) is 0 Å². The molecule has 2 aromatic carbocycles. The summed E-state index contributed by atoms with van der Waals surface area (Å²) >= 11 is 0. The van der Waals surface area contributed by atoms with Gasteiger partial charge in [-0.15, -0.1) is 25.6 Å². The Morgan fingerprint density at radius 1 is 0.929 bits per heavy atom. The molecule has 5 nitrogen and oxygen atoms in total. The molecule has 0 radical (unpaired) electrons. The molecule has 0 unspecified atom stereocenters. The minimum Gasteiger partial charge on any atom is -0.406 e. The van der Waals surface area contributed by atoms with E-state index in [1.165, 1.54) is 4.31 Å². The molecule has 0 aliphatic carbocycles. The number of hydrogen-bond donors (Lipinski definition) is 0. The number of ether oxygens (including phenoxy) is 1. The van der Waals surface area contributed by atoms with Crippen LogP contribution < -0.4 is 4.74 Å². The summed E-state index contributed by atoms with van der Waals surface area (Å²) in [6.45, 7) is 0.907. The van der Waals surface area contributed by atoms with Crippen LogP contribution in [-0.2, 0) is 16.6 Å². The zero-order valence-corrected chi connectivity index (χ0v) is 17.0. The normalized spacial score (nSPS) is 12.1. The van der Waals surface area contributed by atoms with Crippen LogP contribution in [0.3, 0.4) is 0 Å². The van der Waals surface area contributed by atoms with Gasteiger partial charge < -0.3 is 9.64 Å². The summed E-state index contributed by atoms with van der Waals surface area (Å²) < 4.78 is 67.9. The van der Waals surface area contributed by atoms with E-state index in [2.05, 4.69) is 4.74 Å². The van der Waals surface area contributed by atoms with Crippen LogP contribution in [-0.4, -0.2) is 51.2 Å². The summed E-state index contributed by atoms with van der Waals surface area (Å²) in [5.74, 6) is -0.468. The molecule has 0 N–H and O–H groups in total. The molecule has 2 aromatic rings. The number of rotatable bonds is 8. The second-order valence-corrected chi connectivity index (χ2v) is 8.08. The standard InChI is InChI=1S/C18H21F3N2O3S.ClH/c1-22(2)12-13-23(14-15-6-4-3-5-7-15)27(24,25)17-10-8-16(9-11-17)26-18(19,20)21;/h3-11H,12-14H2,1-2H3;1H. The zero-order valence-electron chi connectivity index (χ0n) is 15.4. The van der Waals surface area contributed by atoms with Gasteiger partial charge in [0.2, 0.25) is 10.0 Å². The van der Waals surface area contributed by atoms with Crippen molar-refractivity contribution in [1.29, 1.82) is 0 Å². The maximum atomic E-state index is 13.0. The number of sulfonamides is 1. The minimum absolute atomic E-state index is 0. The Morgan fingerprint density at radius 3 is 2.00 bits per heavy atom. The van der Waals surface area contributed by atoms with Gasteiger partial charge in [0.1, 0.15) is 5.75 Å². The fraction of sp³-hybridized carbons (Fsp3) is 0.333. The number of hydrogen-bond acceptors (Lipinski definition) is 4. The molecule has 0 amide bonds. The molecule has 0 bridgehead atoms. The SMILES string of the molecule is CN(C)CCN(Cc1ccccc1)S(=O)(=O)c1ccc(OC(F)(F)F)cc1.Cl. The highest BCUT2D eigenvalue weighted by Crippen LogP contribution is 2.25. The minimum atomic E-state index is -4.83. The molecule has 0 saturated heterocycles. The Labute approximate surface area is 169 Å². The lowest BCUT2D eigenvalue weighted by Crippen LogP contribution is -2.36. The maximum Gasteiger partial charge on any atom is 0.573 e. The lowest BCUT2D eigenvalue weighted by molar-refractivity contribution is -0.274. The molecule has 0 spiro atoms. The summed E-state index contributed by atoms with van der Waals surface area (Å²) in [4.78, 5) is 1.76. The summed E-state index contributed by atoms with van der Waals surface area (Å²) in [5, 5.41) is 0. The van der Waals surface area contributed by atoms with Gasteiger partial charge in [-0.05, 0) is 43.9 Å². The van der Waals surface area contributed by atoms with Gasteiger partial charge in [0.25, 0.3) is 0 Å². The monoisotopic (exact) mass is 438 g/mol. The average molecular weight is 439 g/mol. The maximum absolute atomic E-state index is 13.0. The number of benzene rings is 2. The highest BCUT2D eigenvalue weighted by Gasteiger charge is 2.31. The average Bonchev–Trinajstić information content (AvgIpc) is 2.58. The van der Waals surface area contributed by atoms with Crippen molar-refractivity contribution in [3.05, 3.63) is 60.2 Å². The molecule has 0 fully saturated rings. The Morgan fingerprint density at radius 2 is 1.50 bits per heavy atom. The first-order valence-electron chi connectivity index (χ1n) is 8.12. The Bertz CT molecular complexity index is 829. The van der Waals surface area contributed by atoms with Gasteiger partial charge in [-0.1, -0.05) is 30.3 Å². The lowest BCUT2D eigenvalue weighted by Gasteiger charge is -2.24. The Hall–Kier alpha value is -1.81. The van der Waals surface area contributed by atoms with Gasteiger partial charge >= 0.3 is 6.36 Å². The summed E-state index contributed by atoms with van der Waals surface area (Å²) in [5.41, 5.74) is 0.817. The first-order chi connectivity index (χ1) is 12.6. The van der Waals surface area contributed by atoms with Crippen molar-refractivity contribution in [3.8, 4) is 5.75 Å². The molecule has 28 heavy (non-hydrogen) atoms. The first-order valence-corrected chi connectivity index (χ1v) is 9.56. The third-order valence-corrected chi connectivity index (χ3v) is 5.55. The molecular formula is C18H22ClF3N2O3S. The third kappa shape index (κ3) is 7.31. The highest BCUT2D eigenvalue weighted by atomic mass is 35.5. The van der Waals surface area contributed by atoms with Gasteiger partial charge in [-0.2, -0.15) is 4.31 Å². The van der Waals surface area contributed by atoms with Gasteiger partial charge in [-0.25, -0.2) is 8.42 Å². The van der Waals surface area contributed by atoms with E-state index in [1.807, 2.05) is 49.3 Å². The fourth-order valence-corrected chi connectivity index (χ4v) is 3.76. The van der Waals surface area contributed by atoms with Crippen LogP contribution >= 0.6 is 12.4 Å². The van der Waals surface area contributed by atoms with Crippen LogP contribution in [0.15, 0.2) is 59.5 Å². The molecule has 0 atom stereocenters. The van der Waals surface area contributed by atoms with E-state index in [9.17, 15) is 21.6 Å². The first kappa shape index (κ1) is 24.2. The van der Waals surface area contributed by atoms with Gasteiger partial charge in [0.05, 0.1) is 4.90 Å². The van der Waals surface area contributed by atoms with Crippen LogP contribution in [0.4, 0.5) is 13.2 Å². The van der Waals surface area contributed by atoms with E-state index < -0.39 is 22.1 Å². The van der Waals surface area contributed by atoms with Crippen molar-refractivity contribution >= 4 is 22.4 Å². The molecular weight excluding hydrogens is 417 g/mol. The molecule has 156 valence electrons. The van der Waals surface area contributed by atoms with Gasteiger partial charge in [0.15, 0.2) is 0 Å². The van der Waals surface area contributed by atoms with Crippen molar-refractivity contribution in [1.82, 2.24) is 9.21 Å². The molecule has 10 heteroatoms. The highest BCUT2D eigenvalue weighted by molar-refractivity contribution is 7.89. The molecule has 0 saturated carbocycles. The van der Waals surface area contributed by atoms with E-state index >= 15 is 0 Å². The summed E-state index contributed by atoms with van der Waals surface area (Å²) in [6.07, 6.45) is -4.83. The third-order valence-electron chi connectivity index (χ3n) is 3.69.